The lowest BCUT2D eigenvalue weighted by molar-refractivity contribution is -0.135. The predicted molar refractivity (Wildman–Crippen MR) is 94.6 cm³/mol. The summed E-state index contributed by atoms with van der Waals surface area (Å²) in [5, 5.41) is 21.6. The number of amides is 1. The van der Waals surface area contributed by atoms with Crippen molar-refractivity contribution in [3.8, 4) is 16.9 Å². The Labute approximate surface area is 151 Å². The molecule has 0 spiro atoms. The number of carboxylic acids is 1. The lowest BCUT2D eigenvalue weighted by Crippen LogP contribution is -2.32. The van der Waals surface area contributed by atoms with Crippen molar-refractivity contribution in [3.05, 3.63) is 63.5 Å². The van der Waals surface area contributed by atoms with E-state index in [2.05, 4.69) is 0 Å². The Morgan fingerprint density at radius 1 is 1.12 bits per heavy atom. The van der Waals surface area contributed by atoms with Crippen molar-refractivity contribution in [2.45, 2.75) is 0 Å². The molecule has 0 radical (unpaired) electrons. The molecule has 0 saturated carbocycles. The van der Waals surface area contributed by atoms with E-state index in [0.29, 0.717) is 10.6 Å². The van der Waals surface area contributed by atoms with Crippen LogP contribution in [0.15, 0.2) is 51.7 Å². The summed E-state index contributed by atoms with van der Waals surface area (Å²) in [6.07, 6.45) is 0. The van der Waals surface area contributed by atoms with Gasteiger partial charge in [-0.25, -0.2) is 4.79 Å². The van der Waals surface area contributed by atoms with Gasteiger partial charge in [0.25, 0.3) is 5.91 Å². The average molecular weight is 374 g/mol. The van der Waals surface area contributed by atoms with Gasteiger partial charge in [-0.15, -0.1) is 0 Å². The second-order valence-electron chi connectivity index (χ2n) is 5.41. The number of benzene rings is 2. The minimum absolute atomic E-state index is 0.0831. The molecule has 0 atom stereocenters. The molecular formula is C18H12ClNO6. The van der Waals surface area contributed by atoms with Gasteiger partial charge in [0.15, 0.2) is 5.56 Å². The molecule has 1 amide bonds. The van der Waals surface area contributed by atoms with Crippen LogP contribution in [0.5, 0.6) is 5.75 Å². The van der Waals surface area contributed by atoms with Gasteiger partial charge < -0.3 is 19.9 Å². The Morgan fingerprint density at radius 3 is 2.54 bits per heavy atom. The molecule has 1 heterocycles. The Balaban J connectivity index is 2.08. The number of halogens is 1. The molecule has 2 aromatic carbocycles. The third-order valence-corrected chi connectivity index (χ3v) is 3.90. The Bertz CT molecular complexity index is 1090. The second-order valence-corrected chi connectivity index (χ2v) is 5.85. The fraction of sp³-hybridized carbons (Fsp3) is 0.0556. The molecule has 0 aliphatic carbocycles. The number of aliphatic carboxylic acids is 1. The maximum atomic E-state index is 12.1. The van der Waals surface area contributed by atoms with Crippen LogP contribution in [0.3, 0.4) is 0 Å². The van der Waals surface area contributed by atoms with Crippen LogP contribution in [0.4, 0.5) is 0 Å². The smallest absolute Gasteiger partial charge is 0.353 e. The first-order chi connectivity index (χ1) is 12.4. The molecule has 132 valence electrons. The highest BCUT2D eigenvalue weighted by molar-refractivity contribution is 6.30. The zero-order chi connectivity index (χ0) is 18.8. The Kier molecular flexibility index (Phi) is 4.64. The molecule has 0 aliphatic rings. The van der Waals surface area contributed by atoms with E-state index in [1.165, 1.54) is 6.07 Å². The molecule has 1 aromatic heterocycles. The van der Waals surface area contributed by atoms with E-state index in [4.69, 9.17) is 21.1 Å². The number of carbonyl (C=O) groups is 2. The summed E-state index contributed by atoms with van der Waals surface area (Å²) in [7, 11) is 0. The van der Waals surface area contributed by atoms with Crippen molar-refractivity contribution in [2.24, 2.45) is 0 Å². The number of fused-ring (bicyclic) bond motifs is 1. The number of rotatable bonds is 4. The molecule has 0 saturated heterocycles. The Hall–Kier alpha value is -3.32. The van der Waals surface area contributed by atoms with Gasteiger partial charge >= 0.3 is 11.6 Å². The molecule has 7 nitrogen and oxygen atoms in total. The topological polar surface area (TPSA) is 117 Å². The summed E-state index contributed by atoms with van der Waals surface area (Å²) < 4.78 is 5.14. The molecule has 0 bridgehead atoms. The largest absolute Gasteiger partial charge is 0.506 e. The fourth-order valence-electron chi connectivity index (χ4n) is 2.48. The van der Waals surface area contributed by atoms with E-state index in [0.717, 1.165) is 5.56 Å². The summed E-state index contributed by atoms with van der Waals surface area (Å²) >= 11 is 5.97. The fourth-order valence-corrected chi connectivity index (χ4v) is 2.67. The van der Waals surface area contributed by atoms with Gasteiger partial charge in [-0.2, -0.15) is 0 Å². The third kappa shape index (κ3) is 3.38. The minimum atomic E-state index is -1.28. The van der Waals surface area contributed by atoms with E-state index >= 15 is 0 Å². The normalized spacial score (nSPS) is 10.7. The van der Waals surface area contributed by atoms with Crippen LogP contribution in [0, 0.1) is 0 Å². The Morgan fingerprint density at radius 2 is 1.85 bits per heavy atom. The monoisotopic (exact) mass is 373 g/mol. The minimum Gasteiger partial charge on any atom is -0.506 e. The van der Waals surface area contributed by atoms with Crippen LogP contribution in [-0.4, -0.2) is 28.6 Å². The van der Waals surface area contributed by atoms with E-state index in [-0.39, 0.29) is 11.0 Å². The van der Waals surface area contributed by atoms with Crippen LogP contribution >= 0.6 is 11.6 Å². The molecule has 0 aliphatic heterocycles. The maximum Gasteiger partial charge on any atom is 0.353 e. The molecule has 3 N–H and O–H groups in total. The number of nitrogens with one attached hydrogen (secondary N) is 1. The van der Waals surface area contributed by atoms with Gasteiger partial charge in [-0.1, -0.05) is 29.8 Å². The lowest BCUT2D eigenvalue weighted by atomic mass is 10.0. The number of hydrogen-bond acceptors (Lipinski definition) is 5. The van der Waals surface area contributed by atoms with Crippen molar-refractivity contribution in [2.75, 3.05) is 6.54 Å². The third-order valence-electron chi connectivity index (χ3n) is 3.67. The lowest BCUT2D eigenvalue weighted by Gasteiger charge is -2.08. The number of carboxylic acid groups (broad SMARTS) is 1. The highest BCUT2D eigenvalue weighted by Crippen LogP contribution is 2.31. The van der Waals surface area contributed by atoms with Crippen LogP contribution < -0.4 is 10.9 Å². The predicted octanol–water partition coefficient (Wildman–Crippen LogP) is 2.63. The first kappa shape index (κ1) is 17.5. The molecule has 0 fully saturated rings. The molecule has 0 unspecified atom stereocenters. The zero-order valence-electron chi connectivity index (χ0n) is 13.2. The average Bonchev–Trinajstić information content (AvgIpc) is 2.59. The highest BCUT2D eigenvalue weighted by Gasteiger charge is 2.21. The summed E-state index contributed by atoms with van der Waals surface area (Å²) in [5.74, 6) is -2.88. The van der Waals surface area contributed by atoms with Gasteiger partial charge in [-0.3, -0.25) is 9.59 Å². The standard InChI is InChI=1S/C18H12ClNO6/c19-11-3-1-2-9(6-11)10-4-5-12-13(7-10)26-18(25)15(16(12)23)17(24)20-8-14(21)22/h1-7,23H,8H2,(H,20,24)(H,21,22). The second kappa shape index (κ2) is 6.89. The number of aromatic hydroxyl groups is 1. The van der Waals surface area contributed by atoms with Crippen LogP contribution in [-0.2, 0) is 4.79 Å². The summed E-state index contributed by atoms with van der Waals surface area (Å²) in [5.41, 5.74) is -0.148. The number of hydrogen-bond donors (Lipinski definition) is 3. The zero-order valence-corrected chi connectivity index (χ0v) is 13.9. The van der Waals surface area contributed by atoms with Crippen molar-refractivity contribution < 1.29 is 24.2 Å². The van der Waals surface area contributed by atoms with E-state index < -0.39 is 35.4 Å². The summed E-state index contributed by atoms with van der Waals surface area (Å²) in [6, 6.07) is 11.8. The summed E-state index contributed by atoms with van der Waals surface area (Å²) in [6.45, 7) is -0.691. The van der Waals surface area contributed by atoms with Crippen molar-refractivity contribution in [1.82, 2.24) is 5.32 Å². The summed E-state index contributed by atoms with van der Waals surface area (Å²) in [4.78, 5) is 34.6. The first-order valence-corrected chi connectivity index (χ1v) is 7.80. The van der Waals surface area contributed by atoms with Crippen LogP contribution in [0.25, 0.3) is 22.1 Å². The van der Waals surface area contributed by atoms with Crippen molar-refractivity contribution >= 4 is 34.4 Å². The quantitative estimate of drug-likeness (QED) is 0.605. The van der Waals surface area contributed by atoms with Crippen molar-refractivity contribution in [3.63, 3.8) is 0 Å². The van der Waals surface area contributed by atoms with E-state index in [1.807, 2.05) is 11.4 Å². The highest BCUT2D eigenvalue weighted by atomic mass is 35.5. The van der Waals surface area contributed by atoms with E-state index in [9.17, 15) is 19.5 Å². The number of carbonyl (C=O) groups excluding carboxylic acids is 1. The molecule has 8 heteroatoms. The van der Waals surface area contributed by atoms with Crippen molar-refractivity contribution in [1.29, 1.82) is 0 Å². The molecular weight excluding hydrogens is 362 g/mol. The van der Waals surface area contributed by atoms with Gasteiger partial charge in [0.05, 0.1) is 5.39 Å². The maximum absolute atomic E-state index is 12.1. The van der Waals surface area contributed by atoms with Gasteiger partial charge in [0, 0.05) is 5.02 Å². The van der Waals surface area contributed by atoms with Crippen LogP contribution in [0.2, 0.25) is 5.02 Å². The van der Waals surface area contributed by atoms with E-state index in [1.54, 1.807) is 30.3 Å². The van der Waals surface area contributed by atoms with Gasteiger partial charge in [-0.05, 0) is 35.4 Å². The molecule has 3 rings (SSSR count). The first-order valence-electron chi connectivity index (χ1n) is 7.42. The SMILES string of the molecule is O=C(O)CNC(=O)c1c(O)c2ccc(-c3cccc(Cl)c3)cc2oc1=O. The van der Waals surface area contributed by atoms with Crippen LogP contribution in [0.1, 0.15) is 10.4 Å². The van der Waals surface area contributed by atoms with Gasteiger partial charge in [0.1, 0.15) is 17.9 Å². The van der Waals surface area contributed by atoms with Gasteiger partial charge in [0.2, 0.25) is 0 Å². The molecule has 26 heavy (non-hydrogen) atoms. The molecule has 3 aromatic rings.